The van der Waals surface area contributed by atoms with Crippen LogP contribution in [0.1, 0.15) is 49.3 Å². The molecule has 0 bridgehead atoms. The van der Waals surface area contributed by atoms with Gasteiger partial charge in [0.15, 0.2) is 0 Å². The Morgan fingerprint density at radius 2 is 1.67 bits per heavy atom. The van der Waals surface area contributed by atoms with Crippen molar-refractivity contribution in [3.05, 3.63) is 65.5 Å². The van der Waals surface area contributed by atoms with E-state index in [0.29, 0.717) is 11.8 Å². The number of pyridine rings is 1. The Balaban J connectivity index is 2.12. The monoisotopic (exact) mass is 239 g/mol. The summed E-state index contributed by atoms with van der Waals surface area (Å²) in [4.78, 5) is 4.35. The Morgan fingerprint density at radius 1 is 0.944 bits per heavy atom. The van der Waals surface area contributed by atoms with Crippen molar-refractivity contribution in [2.75, 3.05) is 0 Å². The van der Waals surface area contributed by atoms with Gasteiger partial charge in [-0.1, -0.05) is 57.2 Å². The lowest BCUT2D eigenvalue weighted by Crippen LogP contribution is -2.00. The van der Waals surface area contributed by atoms with Crippen LogP contribution in [-0.2, 0) is 6.42 Å². The van der Waals surface area contributed by atoms with Crippen molar-refractivity contribution < 1.29 is 0 Å². The normalized spacial score (nSPS) is 12.7. The van der Waals surface area contributed by atoms with Crippen LogP contribution in [0.25, 0.3) is 0 Å². The molecule has 0 saturated heterocycles. The molecule has 1 nitrogen and oxygen atoms in total. The fourth-order valence-corrected chi connectivity index (χ4v) is 2.19. The highest BCUT2D eigenvalue weighted by molar-refractivity contribution is 5.25. The van der Waals surface area contributed by atoms with Gasteiger partial charge in [0.1, 0.15) is 0 Å². The molecule has 0 amide bonds. The third-order valence-corrected chi connectivity index (χ3v) is 3.39. The molecule has 0 aliphatic carbocycles. The molecule has 18 heavy (non-hydrogen) atoms. The summed E-state index contributed by atoms with van der Waals surface area (Å²) in [7, 11) is 0. The van der Waals surface area contributed by atoms with Crippen LogP contribution in [0.15, 0.2) is 48.8 Å². The lowest BCUT2D eigenvalue weighted by atomic mass is 9.93. The Labute approximate surface area is 110 Å². The fourth-order valence-electron chi connectivity index (χ4n) is 2.19. The van der Waals surface area contributed by atoms with E-state index < -0.39 is 0 Å². The van der Waals surface area contributed by atoms with E-state index in [1.807, 2.05) is 12.4 Å². The maximum absolute atomic E-state index is 4.35. The highest BCUT2D eigenvalue weighted by atomic mass is 14.6. The lowest BCUT2D eigenvalue weighted by Gasteiger charge is -2.13. The van der Waals surface area contributed by atoms with Gasteiger partial charge in [0.2, 0.25) is 0 Å². The maximum atomic E-state index is 4.35. The smallest absolute Gasteiger partial charge is 0.0302 e. The van der Waals surface area contributed by atoms with Gasteiger partial charge in [-0.3, -0.25) is 4.98 Å². The molecule has 1 unspecified atom stereocenters. The van der Waals surface area contributed by atoms with Crippen LogP contribution in [0.3, 0.4) is 0 Å². The van der Waals surface area contributed by atoms with Gasteiger partial charge < -0.3 is 0 Å². The standard InChI is InChI=1S/C17H21N/c1-13(2)17-10-15(11-18-12-17)9-14(3)16-7-5-4-6-8-16/h4-8,10-14H,9H2,1-3H3. The molecule has 0 aliphatic rings. The highest BCUT2D eigenvalue weighted by Gasteiger charge is 2.08. The average molecular weight is 239 g/mol. The molecule has 0 aliphatic heterocycles. The van der Waals surface area contributed by atoms with E-state index in [2.05, 4.69) is 62.2 Å². The maximum Gasteiger partial charge on any atom is 0.0302 e. The van der Waals surface area contributed by atoms with E-state index >= 15 is 0 Å². The summed E-state index contributed by atoms with van der Waals surface area (Å²) < 4.78 is 0. The van der Waals surface area contributed by atoms with Crippen LogP contribution in [0.5, 0.6) is 0 Å². The first-order valence-electron chi connectivity index (χ1n) is 6.65. The molecular formula is C17H21N. The molecule has 0 N–H and O–H groups in total. The molecule has 1 atom stereocenters. The number of hydrogen-bond acceptors (Lipinski definition) is 1. The molecule has 1 aromatic carbocycles. The van der Waals surface area contributed by atoms with Crippen LogP contribution < -0.4 is 0 Å². The minimum absolute atomic E-state index is 0.537. The van der Waals surface area contributed by atoms with Crippen molar-refractivity contribution in [1.29, 1.82) is 0 Å². The summed E-state index contributed by atoms with van der Waals surface area (Å²) in [5.74, 6) is 1.08. The first kappa shape index (κ1) is 12.8. The fraction of sp³-hybridized carbons (Fsp3) is 0.353. The Kier molecular flexibility index (Phi) is 4.14. The third-order valence-electron chi connectivity index (χ3n) is 3.39. The summed E-state index contributed by atoms with van der Waals surface area (Å²) in [6.45, 7) is 6.69. The third kappa shape index (κ3) is 3.19. The molecule has 2 aromatic rings. The van der Waals surface area contributed by atoms with E-state index in [0.717, 1.165) is 6.42 Å². The number of aromatic nitrogens is 1. The second-order valence-corrected chi connectivity index (χ2v) is 5.30. The number of benzene rings is 1. The summed E-state index contributed by atoms with van der Waals surface area (Å²) in [6, 6.07) is 13.0. The van der Waals surface area contributed by atoms with Crippen LogP contribution in [0, 0.1) is 0 Å². The SMILES string of the molecule is CC(C)c1cncc(CC(C)c2ccccc2)c1. The summed E-state index contributed by atoms with van der Waals surface area (Å²) >= 11 is 0. The second kappa shape index (κ2) is 5.81. The first-order chi connectivity index (χ1) is 8.66. The quantitative estimate of drug-likeness (QED) is 0.762. The van der Waals surface area contributed by atoms with Crippen LogP contribution in [0.2, 0.25) is 0 Å². The van der Waals surface area contributed by atoms with Crippen molar-refractivity contribution in [2.45, 2.75) is 39.0 Å². The number of nitrogens with zero attached hydrogens (tertiary/aromatic N) is 1. The average Bonchev–Trinajstić information content (AvgIpc) is 2.40. The van der Waals surface area contributed by atoms with Crippen molar-refractivity contribution in [1.82, 2.24) is 4.98 Å². The predicted octanol–water partition coefficient (Wildman–Crippen LogP) is 4.55. The van der Waals surface area contributed by atoms with Gasteiger partial charge in [0, 0.05) is 12.4 Å². The Hall–Kier alpha value is -1.63. The van der Waals surface area contributed by atoms with Crippen molar-refractivity contribution in [3.63, 3.8) is 0 Å². The van der Waals surface area contributed by atoms with E-state index in [-0.39, 0.29) is 0 Å². The highest BCUT2D eigenvalue weighted by Crippen LogP contribution is 2.21. The van der Waals surface area contributed by atoms with E-state index in [1.165, 1.54) is 16.7 Å². The summed E-state index contributed by atoms with van der Waals surface area (Å²) in [6.07, 6.45) is 5.02. The van der Waals surface area contributed by atoms with Crippen molar-refractivity contribution in [3.8, 4) is 0 Å². The molecule has 1 heteroatoms. The van der Waals surface area contributed by atoms with Crippen LogP contribution in [-0.4, -0.2) is 4.98 Å². The minimum atomic E-state index is 0.537. The second-order valence-electron chi connectivity index (χ2n) is 5.30. The van der Waals surface area contributed by atoms with Crippen LogP contribution >= 0.6 is 0 Å². The molecule has 1 heterocycles. The largest absolute Gasteiger partial charge is 0.264 e. The van der Waals surface area contributed by atoms with E-state index in [9.17, 15) is 0 Å². The van der Waals surface area contributed by atoms with Gasteiger partial charge in [-0.05, 0) is 34.9 Å². The molecule has 0 fully saturated rings. The van der Waals surface area contributed by atoms with E-state index in [1.54, 1.807) is 0 Å². The van der Waals surface area contributed by atoms with Gasteiger partial charge in [-0.25, -0.2) is 0 Å². The van der Waals surface area contributed by atoms with Crippen molar-refractivity contribution in [2.24, 2.45) is 0 Å². The minimum Gasteiger partial charge on any atom is -0.264 e. The van der Waals surface area contributed by atoms with E-state index in [4.69, 9.17) is 0 Å². The summed E-state index contributed by atoms with van der Waals surface area (Å²) in [5, 5.41) is 0. The molecule has 2 rings (SSSR count). The molecule has 0 saturated carbocycles. The molecule has 1 aromatic heterocycles. The Morgan fingerprint density at radius 3 is 2.33 bits per heavy atom. The molecular weight excluding hydrogens is 218 g/mol. The van der Waals surface area contributed by atoms with Gasteiger partial charge in [0.25, 0.3) is 0 Å². The first-order valence-corrected chi connectivity index (χ1v) is 6.65. The zero-order chi connectivity index (χ0) is 13.0. The van der Waals surface area contributed by atoms with Gasteiger partial charge in [-0.15, -0.1) is 0 Å². The number of hydrogen-bond donors (Lipinski definition) is 0. The number of rotatable bonds is 4. The zero-order valence-corrected chi connectivity index (χ0v) is 11.4. The summed E-state index contributed by atoms with van der Waals surface area (Å²) in [5.41, 5.74) is 4.05. The zero-order valence-electron chi connectivity index (χ0n) is 11.4. The molecule has 0 spiro atoms. The molecule has 0 radical (unpaired) electrons. The lowest BCUT2D eigenvalue weighted by molar-refractivity contribution is 0.751. The van der Waals surface area contributed by atoms with Gasteiger partial charge >= 0.3 is 0 Å². The predicted molar refractivity (Wildman–Crippen MR) is 76.9 cm³/mol. The van der Waals surface area contributed by atoms with Gasteiger partial charge in [0.05, 0.1) is 0 Å². The Bertz CT molecular complexity index is 488. The molecule has 94 valence electrons. The van der Waals surface area contributed by atoms with Crippen LogP contribution in [0.4, 0.5) is 0 Å². The topological polar surface area (TPSA) is 12.9 Å². The van der Waals surface area contributed by atoms with Crippen molar-refractivity contribution >= 4 is 0 Å². The van der Waals surface area contributed by atoms with Gasteiger partial charge in [-0.2, -0.15) is 0 Å².